The van der Waals surface area contributed by atoms with Gasteiger partial charge in [0.2, 0.25) is 0 Å². The van der Waals surface area contributed by atoms with Crippen molar-refractivity contribution in [2.45, 2.75) is 0 Å². The first-order valence-electron chi connectivity index (χ1n) is 20.0. The van der Waals surface area contributed by atoms with Crippen LogP contribution < -0.4 is 0 Å². The van der Waals surface area contributed by atoms with Gasteiger partial charge in [-0.15, -0.1) is 0 Å². The molecule has 59 heavy (non-hydrogen) atoms. The summed E-state index contributed by atoms with van der Waals surface area (Å²) in [5.41, 5.74) is 13.2. The topological polar surface area (TPSA) is 41.1 Å². The molecule has 13 aromatic rings. The predicted molar refractivity (Wildman–Crippen MR) is 244 cm³/mol. The molecule has 0 fully saturated rings. The molecule has 0 N–H and O–H groups in total. The molecular weight excluding hydrogens is 723 g/mol. The summed E-state index contributed by atoms with van der Waals surface area (Å²) in [6, 6.07) is 71.8. The van der Waals surface area contributed by atoms with E-state index in [1.807, 2.05) is 12.1 Å². The molecule has 0 saturated carbocycles. The quantitative estimate of drug-likeness (QED) is 0.180. The van der Waals surface area contributed by atoms with Crippen LogP contribution in [0.1, 0.15) is 0 Å². The number of rotatable bonds is 3. The Balaban J connectivity index is 1.13. The monoisotopic (exact) mass is 755 g/mol. The lowest BCUT2D eigenvalue weighted by molar-refractivity contribution is 0.668. The van der Waals surface area contributed by atoms with Gasteiger partial charge in [-0.3, -0.25) is 0 Å². The largest absolute Gasteiger partial charge is 0.456 e. The van der Waals surface area contributed by atoms with E-state index in [9.17, 15) is 0 Å². The molecular formula is C54H33N3O2. The van der Waals surface area contributed by atoms with Crippen LogP contribution in [0.15, 0.2) is 209 Å². The van der Waals surface area contributed by atoms with Crippen LogP contribution >= 0.6 is 0 Å². The van der Waals surface area contributed by atoms with Gasteiger partial charge in [0.15, 0.2) is 0 Å². The molecule has 5 nitrogen and oxygen atoms in total. The number of nitrogens with zero attached hydrogens (tertiary/aromatic N) is 3. The van der Waals surface area contributed by atoms with Gasteiger partial charge < -0.3 is 22.5 Å². The molecule has 0 radical (unpaired) electrons. The summed E-state index contributed by atoms with van der Waals surface area (Å²) < 4.78 is 20.0. The Morgan fingerprint density at radius 2 is 0.797 bits per heavy atom. The van der Waals surface area contributed by atoms with Crippen molar-refractivity contribution in [2.24, 2.45) is 0 Å². The Morgan fingerprint density at radius 3 is 1.53 bits per heavy atom. The molecule has 0 saturated heterocycles. The second-order valence-electron chi connectivity index (χ2n) is 15.4. The van der Waals surface area contributed by atoms with E-state index in [1.54, 1.807) is 0 Å². The molecule has 0 amide bonds. The van der Waals surface area contributed by atoms with Crippen molar-refractivity contribution in [3.05, 3.63) is 200 Å². The SMILES string of the molecule is c1ccc(-n2c3ccccc3c3cc(-n4c5cccc(c5)c5cccc(c5)n(-c5ccc6c(c5)oc5ccccc56)c5ccc6oc7ccc4cc7c6c5)ccc32)cc1. The van der Waals surface area contributed by atoms with Crippen LogP contribution in [0.25, 0.3) is 116 Å². The standard InChI is InChI=1S/C54H33N3O2/c1-2-12-36(13-3-1)57-49-18-6-4-16-43(49)46-30-39(21-25-50(46)57)55-37-14-8-10-34(28-37)35-11-9-15-38(29-35)56(42-20-24-45-44-17-5-7-19-51(44)59-54(45)33-42)41-23-27-53-48(32-41)47-31-40(55)22-26-52(47)58-53/h1-33H. The van der Waals surface area contributed by atoms with Gasteiger partial charge in [-0.2, -0.15) is 0 Å². The first kappa shape index (κ1) is 32.1. The minimum Gasteiger partial charge on any atom is -0.456 e. The van der Waals surface area contributed by atoms with Crippen LogP contribution in [-0.2, 0) is 0 Å². The lowest BCUT2D eigenvalue weighted by atomic mass is 10.1. The zero-order chi connectivity index (χ0) is 38.6. The van der Waals surface area contributed by atoms with Gasteiger partial charge in [0, 0.05) is 77.5 Å². The summed E-state index contributed by atoms with van der Waals surface area (Å²) in [6.45, 7) is 0. The maximum atomic E-state index is 6.54. The number of para-hydroxylation sites is 3. The van der Waals surface area contributed by atoms with Crippen LogP contribution in [0.2, 0.25) is 0 Å². The third kappa shape index (κ3) is 4.85. The van der Waals surface area contributed by atoms with Crippen LogP contribution in [0, 0.1) is 0 Å². The summed E-state index contributed by atoms with van der Waals surface area (Å²) in [6.07, 6.45) is 0. The number of benzene rings is 9. The second kappa shape index (κ2) is 12.2. The molecule has 8 bridgehead atoms. The third-order valence-electron chi connectivity index (χ3n) is 12.0. The molecule has 0 aliphatic rings. The minimum absolute atomic E-state index is 0.845. The molecule has 13 rings (SSSR count). The van der Waals surface area contributed by atoms with E-state index in [0.717, 1.165) is 93.8 Å². The summed E-state index contributed by atoms with van der Waals surface area (Å²) in [5, 5.41) is 9.00. The minimum atomic E-state index is 0.845. The number of furan rings is 2. The maximum Gasteiger partial charge on any atom is 0.137 e. The smallest absolute Gasteiger partial charge is 0.137 e. The second-order valence-corrected chi connectivity index (χ2v) is 15.4. The average Bonchev–Trinajstić information content (AvgIpc) is 3.96. The van der Waals surface area contributed by atoms with Crippen LogP contribution in [-0.4, -0.2) is 13.7 Å². The van der Waals surface area contributed by atoms with E-state index < -0.39 is 0 Å². The fourth-order valence-corrected chi connectivity index (χ4v) is 9.38. The Morgan fingerprint density at radius 1 is 0.254 bits per heavy atom. The van der Waals surface area contributed by atoms with E-state index in [-0.39, 0.29) is 0 Å². The van der Waals surface area contributed by atoms with Gasteiger partial charge in [-0.25, -0.2) is 0 Å². The van der Waals surface area contributed by atoms with Gasteiger partial charge in [-0.1, -0.05) is 78.9 Å². The zero-order valence-electron chi connectivity index (χ0n) is 31.7. The van der Waals surface area contributed by atoms with Gasteiger partial charge in [-0.05, 0) is 126 Å². The highest BCUT2D eigenvalue weighted by molar-refractivity contribution is 6.11. The van der Waals surface area contributed by atoms with Gasteiger partial charge in [0.05, 0.1) is 11.0 Å². The highest BCUT2D eigenvalue weighted by Gasteiger charge is 2.16. The van der Waals surface area contributed by atoms with E-state index >= 15 is 0 Å². The number of hydrogen-bond donors (Lipinski definition) is 0. The van der Waals surface area contributed by atoms with Crippen LogP contribution in [0.3, 0.4) is 0 Å². The van der Waals surface area contributed by atoms with Crippen molar-refractivity contribution in [3.63, 3.8) is 0 Å². The Kier molecular flexibility index (Phi) is 6.66. The fraction of sp³-hybridized carbons (Fsp3) is 0. The molecule has 9 aromatic carbocycles. The Hall–Kier alpha value is -8.02. The molecule has 5 heteroatoms. The number of hydrogen-bond acceptors (Lipinski definition) is 2. The number of fused-ring (bicyclic) bond motifs is 13. The summed E-state index contributed by atoms with van der Waals surface area (Å²) in [4.78, 5) is 0. The fourth-order valence-electron chi connectivity index (χ4n) is 9.38. The highest BCUT2D eigenvalue weighted by Crippen LogP contribution is 2.37. The lowest BCUT2D eigenvalue weighted by Crippen LogP contribution is -1.98. The van der Waals surface area contributed by atoms with E-state index in [1.165, 1.54) is 21.8 Å². The number of aromatic nitrogens is 3. The summed E-state index contributed by atoms with van der Waals surface area (Å²) in [5.74, 6) is 0. The summed E-state index contributed by atoms with van der Waals surface area (Å²) >= 11 is 0. The normalized spacial score (nSPS) is 12.1. The highest BCUT2D eigenvalue weighted by atomic mass is 16.3. The third-order valence-corrected chi connectivity index (χ3v) is 12.0. The van der Waals surface area contributed by atoms with E-state index in [0.29, 0.717) is 0 Å². The van der Waals surface area contributed by atoms with Gasteiger partial charge in [0.25, 0.3) is 0 Å². The predicted octanol–water partition coefficient (Wildman–Crippen LogP) is 14.7. The molecule has 4 aromatic heterocycles. The van der Waals surface area contributed by atoms with Crippen molar-refractivity contribution < 1.29 is 8.83 Å². The zero-order valence-corrected chi connectivity index (χ0v) is 31.7. The summed E-state index contributed by atoms with van der Waals surface area (Å²) in [7, 11) is 0. The molecule has 0 aliphatic heterocycles. The molecule has 0 atom stereocenters. The van der Waals surface area contributed by atoms with Crippen molar-refractivity contribution in [3.8, 4) is 17.1 Å². The van der Waals surface area contributed by atoms with Crippen molar-refractivity contribution >= 4 is 98.5 Å². The maximum absolute atomic E-state index is 6.54. The van der Waals surface area contributed by atoms with Crippen LogP contribution in [0.5, 0.6) is 0 Å². The van der Waals surface area contributed by atoms with E-state index in [2.05, 4.69) is 202 Å². The van der Waals surface area contributed by atoms with Crippen molar-refractivity contribution in [1.82, 2.24) is 13.7 Å². The molecule has 0 aliphatic carbocycles. The lowest BCUT2D eigenvalue weighted by Gasteiger charge is -2.14. The average molecular weight is 756 g/mol. The first-order valence-corrected chi connectivity index (χ1v) is 20.0. The molecule has 276 valence electrons. The molecule has 4 heterocycles. The van der Waals surface area contributed by atoms with Crippen molar-refractivity contribution in [2.75, 3.05) is 0 Å². The Bertz CT molecular complexity index is 3910. The molecule has 0 unspecified atom stereocenters. The van der Waals surface area contributed by atoms with Gasteiger partial charge >= 0.3 is 0 Å². The van der Waals surface area contributed by atoms with Gasteiger partial charge in [0.1, 0.15) is 22.3 Å². The van der Waals surface area contributed by atoms with Crippen LogP contribution in [0.4, 0.5) is 0 Å². The van der Waals surface area contributed by atoms with Crippen molar-refractivity contribution in [1.29, 1.82) is 0 Å². The first-order chi connectivity index (χ1) is 29.2. The Labute approximate surface area is 337 Å². The molecule has 0 spiro atoms. The van der Waals surface area contributed by atoms with E-state index in [4.69, 9.17) is 8.83 Å².